The molecule has 1 heterocycles. The van der Waals surface area contributed by atoms with E-state index in [1.54, 1.807) is 0 Å². The summed E-state index contributed by atoms with van der Waals surface area (Å²) in [5.74, 6) is 0.959. The molecular weight excluding hydrogens is 324 g/mol. The second-order valence-corrected chi connectivity index (χ2v) is 10.4. The number of allylic oxidation sites excluding steroid dienone is 3. The number of ether oxygens (including phenoxy) is 2. The standard InChI is InChI=1S/C22H34O2Si/c1-18(2)8-7-9-19(3)14-17-23-20-10-12-21(13-11-20)25-22(4)15-5-6-16-24-22/h8,10-14H,5-7,9,15-17,25H2,1-4H3/b19-14+. The molecule has 1 saturated heterocycles. The van der Waals surface area contributed by atoms with Gasteiger partial charge in [-0.2, -0.15) is 0 Å². The van der Waals surface area contributed by atoms with Crippen molar-refractivity contribution in [2.45, 2.75) is 65.0 Å². The van der Waals surface area contributed by atoms with Crippen LogP contribution in [0.1, 0.15) is 59.8 Å². The SMILES string of the molecule is CC(C)=CCC/C(C)=C/COc1ccc([SiH2]C2(C)CCCCO2)cc1. The summed E-state index contributed by atoms with van der Waals surface area (Å²) in [5.41, 5.74) is 2.78. The minimum absolute atomic E-state index is 0.145. The smallest absolute Gasteiger partial charge is 0.119 e. The molecule has 0 aliphatic carbocycles. The van der Waals surface area contributed by atoms with Gasteiger partial charge in [0, 0.05) is 6.61 Å². The van der Waals surface area contributed by atoms with Crippen molar-refractivity contribution >= 4 is 14.7 Å². The molecule has 25 heavy (non-hydrogen) atoms. The van der Waals surface area contributed by atoms with Gasteiger partial charge in [0.2, 0.25) is 0 Å². The molecule has 0 spiro atoms. The first-order valence-electron chi connectivity index (χ1n) is 9.62. The Kier molecular flexibility index (Phi) is 7.98. The van der Waals surface area contributed by atoms with Crippen LogP contribution >= 0.6 is 0 Å². The summed E-state index contributed by atoms with van der Waals surface area (Å²) in [7, 11) is -0.413. The van der Waals surface area contributed by atoms with Gasteiger partial charge in [-0.1, -0.05) is 34.5 Å². The van der Waals surface area contributed by atoms with Gasteiger partial charge in [0.1, 0.15) is 12.4 Å². The second kappa shape index (κ2) is 9.98. The highest BCUT2D eigenvalue weighted by Gasteiger charge is 2.28. The Hall–Kier alpha value is -1.32. The molecule has 138 valence electrons. The first-order chi connectivity index (χ1) is 12.0. The van der Waals surface area contributed by atoms with E-state index in [-0.39, 0.29) is 5.22 Å². The zero-order valence-electron chi connectivity index (χ0n) is 16.4. The maximum Gasteiger partial charge on any atom is 0.119 e. The van der Waals surface area contributed by atoms with Gasteiger partial charge in [-0.05, 0) is 78.0 Å². The highest BCUT2D eigenvalue weighted by Crippen LogP contribution is 2.23. The molecule has 0 radical (unpaired) electrons. The maximum absolute atomic E-state index is 6.06. The molecule has 1 aromatic carbocycles. The minimum atomic E-state index is -0.413. The monoisotopic (exact) mass is 358 g/mol. The van der Waals surface area contributed by atoms with Crippen LogP contribution in [0.3, 0.4) is 0 Å². The molecule has 0 amide bonds. The van der Waals surface area contributed by atoms with Crippen molar-refractivity contribution in [1.29, 1.82) is 0 Å². The molecule has 1 fully saturated rings. The zero-order chi connectivity index (χ0) is 18.1. The molecule has 1 aliphatic heterocycles. The molecule has 0 bridgehead atoms. The van der Waals surface area contributed by atoms with Crippen LogP contribution in [-0.4, -0.2) is 28.0 Å². The van der Waals surface area contributed by atoms with Crippen LogP contribution in [0.15, 0.2) is 47.6 Å². The molecule has 2 nitrogen and oxygen atoms in total. The van der Waals surface area contributed by atoms with Gasteiger partial charge in [-0.15, -0.1) is 0 Å². The second-order valence-electron chi connectivity index (χ2n) is 7.76. The summed E-state index contributed by atoms with van der Waals surface area (Å²) < 4.78 is 11.9. The summed E-state index contributed by atoms with van der Waals surface area (Å²) in [6, 6.07) is 8.69. The third-order valence-corrected chi connectivity index (χ3v) is 7.01. The summed E-state index contributed by atoms with van der Waals surface area (Å²) >= 11 is 0. The van der Waals surface area contributed by atoms with Gasteiger partial charge < -0.3 is 9.47 Å². The topological polar surface area (TPSA) is 18.5 Å². The zero-order valence-corrected chi connectivity index (χ0v) is 17.9. The highest BCUT2D eigenvalue weighted by molar-refractivity contribution is 6.56. The average molecular weight is 359 g/mol. The number of benzene rings is 1. The van der Waals surface area contributed by atoms with Crippen molar-refractivity contribution in [3.63, 3.8) is 0 Å². The Balaban J connectivity index is 1.77. The van der Waals surface area contributed by atoms with Gasteiger partial charge in [-0.25, -0.2) is 0 Å². The van der Waals surface area contributed by atoms with Gasteiger partial charge in [0.25, 0.3) is 0 Å². The highest BCUT2D eigenvalue weighted by atomic mass is 28.2. The first kappa shape index (κ1) is 20.0. The van der Waals surface area contributed by atoms with Crippen LogP contribution in [0.25, 0.3) is 0 Å². The lowest BCUT2D eigenvalue weighted by molar-refractivity contribution is -0.00611. The van der Waals surface area contributed by atoms with Crippen LogP contribution in [-0.2, 0) is 4.74 Å². The van der Waals surface area contributed by atoms with Crippen LogP contribution in [0.5, 0.6) is 5.75 Å². The third kappa shape index (κ3) is 7.62. The maximum atomic E-state index is 6.06. The fourth-order valence-corrected chi connectivity index (χ4v) is 5.25. The fraction of sp³-hybridized carbons (Fsp3) is 0.545. The van der Waals surface area contributed by atoms with Gasteiger partial charge in [0.15, 0.2) is 0 Å². The molecule has 1 unspecified atom stereocenters. The van der Waals surface area contributed by atoms with E-state index in [9.17, 15) is 0 Å². The largest absolute Gasteiger partial charge is 0.490 e. The molecule has 2 rings (SSSR count). The summed E-state index contributed by atoms with van der Waals surface area (Å²) in [6.45, 7) is 10.4. The van der Waals surface area contributed by atoms with Gasteiger partial charge in [0.05, 0.1) is 14.7 Å². The molecule has 1 aliphatic rings. The Bertz CT molecular complexity index is 577. The Labute approximate surface area is 156 Å². The predicted octanol–water partition coefficient (Wildman–Crippen LogP) is 4.47. The lowest BCUT2D eigenvalue weighted by atomic mass is 10.1. The molecular formula is C22H34O2Si. The number of rotatable bonds is 8. The van der Waals surface area contributed by atoms with E-state index in [2.05, 4.69) is 64.1 Å². The summed E-state index contributed by atoms with van der Waals surface area (Å²) in [4.78, 5) is 0. The van der Waals surface area contributed by atoms with Crippen molar-refractivity contribution in [1.82, 2.24) is 0 Å². The summed E-state index contributed by atoms with van der Waals surface area (Å²) in [5, 5.41) is 1.61. The van der Waals surface area contributed by atoms with E-state index in [0.29, 0.717) is 6.61 Å². The Morgan fingerprint density at radius 1 is 1.16 bits per heavy atom. The minimum Gasteiger partial charge on any atom is -0.490 e. The number of hydrogen-bond donors (Lipinski definition) is 0. The lowest BCUT2D eigenvalue weighted by Gasteiger charge is -2.33. The number of hydrogen-bond acceptors (Lipinski definition) is 2. The fourth-order valence-electron chi connectivity index (χ4n) is 3.24. The molecule has 0 saturated carbocycles. The van der Waals surface area contributed by atoms with E-state index in [1.807, 2.05) is 0 Å². The van der Waals surface area contributed by atoms with Crippen molar-refractivity contribution in [3.05, 3.63) is 47.6 Å². The lowest BCUT2D eigenvalue weighted by Crippen LogP contribution is -2.44. The van der Waals surface area contributed by atoms with Gasteiger partial charge in [-0.3, -0.25) is 0 Å². The third-order valence-electron chi connectivity index (χ3n) is 4.82. The van der Waals surface area contributed by atoms with E-state index in [0.717, 1.165) is 25.2 Å². The molecule has 1 aromatic rings. The van der Waals surface area contributed by atoms with Crippen LogP contribution < -0.4 is 9.92 Å². The van der Waals surface area contributed by atoms with Crippen molar-refractivity contribution in [2.75, 3.05) is 13.2 Å². The van der Waals surface area contributed by atoms with Crippen molar-refractivity contribution in [2.24, 2.45) is 0 Å². The van der Waals surface area contributed by atoms with E-state index < -0.39 is 9.52 Å². The quantitative estimate of drug-likeness (QED) is 0.504. The summed E-state index contributed by atoms with van der Waals surface area (Å²) in [6.07, 6.45) is 10.5. The van der Waals surface area contributed by atoms with Crippen LogP contribution in [0.4, 0.5) is 0 Å². The van der Waals surface area contributed by atoms with E-state index >= 15 is 0 Å². The van der Waals surface area contributed by atoms with E-state index in [1.165, 1.54) is 35.6 Å². The van der Waals surface area contributed by atoms with Gasteiger partial charge >= 0.3 is 0 Å². The molecule has 3 heteroatoms. The predicted molar refractivity (Wildman–Crippen MR) is 111 cm³/mol. The van der Waals surface area contributed by atoms with Crippen LogP contribution in [0.2, 0.25) is 0 Å². The average Bonchev–Trinajstić information content (AvgIpc) is 2.56. The van der Waals surface area contributed by atoms with Crippen molar-refractivity contribution in [3.8, 4) is 5.75 Å². The Morgan fingerprint density at radius 2 is 1.92 bits per heavy atom. The normalized spacial score (nSPS) is 21.5. The van der Waals surface area contributed by atoms with Crippen LogP contribution in [0, 0.1) is 0 Å². The van der Waals surface area contributed by atoms with Crippen molar-refractivity contribution < 1.29 is 9.47 Å². The van der Waals surface area contributed by atoms with E-state index in [4.69, 9.17) is 9.47 Å². The Morgan fingerprint density at radius 3 is 2.56 bits per heavy atom. The molecule has 1 atom stereocenters. The first-order valence-corrected chi connectivity index (χ1v) is 11.0. The molecule has 0 N–H and O–H groups in total. The molecule has 0 aromatic heterocycles.